The predicted molar refractivity (Wildman–Crippen MR) is 128 cm³/mol. The van der Waals surface area contributed by atoms with Crippen molar-refractivity contribution in [1.82, 2.24) is 15.3 Å². The SMILES string of the molecule is O=C(CC1CCCNC1)Nc1cc(-c2cnc(Cl)c(NCC3CCOCC3)c2)c(Cl)cn1. The number of hydrogen-bond acceptors (Lipinski definition) is 6. The first kappa shape index (κ1) is 23.2. The average Bonchev–Trinajstić information content (AvgIpc) is 2.81. The first-order valence-corrected chi connectivity index (χ1v) is 12.0. The lowest BCUT2D eigenvalue weighted by Gasteiger charge is -2.23. The minimum Gasteiger partial charge on any atom is -0.382 e. The van der Waals surface area contributed by atoms with E-state index < -0.39 is 0 Å². The van der Waals surface area contributed by atoms with Crippen LogP contribution in [0.4, 0.5) is 11.5 Å². The Labute approximate surface area is 198 Å². The highest BCUT2D eigenvalue weighted by Gasteiger charge is 2.18. The third-order valence-electron chi connectivity index (χ3n) is 6.07. The monoisotopic (exact) mass is 477 g/mol. The van der Waals surface area contributed by atoms with E-state index in [0.717, 1.165) is 75.3 Å². The van der Waals surface area contributed by atoms with Crippen molar-refractivity contribution in [1.29, 1.82) is 0 Å². The summed E-state index contributed by atoms with van der Waals surface area (Å²) in [7, 11) is 0. The van der Waals surface area contributed by atoms with Gasteiger partial charge in [-0.1, -0.05) is 23.2 Å². The minimum absolute atomic E-state index is 0.0347. The molecule has 2 aromatic heterocycles. The number of aromatic nitrogens is 2. The number of halogens is 2. The molecule has 2 saturated heterocycles. The van der Waals surface area contributed by atoms with Crippen LogP contribution in [0.25, 0.3) is 11.1 Å². The molecular weight excluding hydrogens is 449 g/mol. The molecule has 172 valence electrons. The van der Waals surface area contributed by atoms with Crippen LogP contribution in [0, 0.1) is 11.8 Å². The lowest BCUT2D eigenvalue weighted by Crippen LogP contribution is -2.32. The van der Waals surface area contributed by atoms with Gasteiger partial charge in [-0.15, -0.1) is 0 Å². The van der Waals surface area contributed by atoms with Crippen LogP contribution in [0.15, 0.2) is 24.5 Å². The number of carbonyl (C=O) groups excluding carboxylic acids is 1. The van der Waals surface area contributed by atoms with Gasteiger partial charge in [0.1, 0.15) is 5.82 Å². The van der Waals surface area contributed by atoms with Crippen molar-refractivity contribution >= 4 is 40.6 Å². The van der Waals surface area contributed by atoms with Crippen molar-refractivity contribution in [3.05, 3.63) is 34.7 Å². The maximum Gasteiger partial charge on any atom is 0.225 e. The van der Waals surface area contributed by atoms with E-state index in [9.17, 15) is 4.79 Å². The molecule has 7 nitrogen and oxygen atoms in total. The molecule has 32 heavy (non-hydrogen) atoms. The summed E-state index contributed by atoms with van der Waals surface area (Å²) in [6.07, 6.45) is 7.97. The van der Waals surface area contributed by atoms with Crippen LogP contribution in [-0.4, -0.2) is 48.7 Å². The second-order valence-corrected chi connectivity index (χ2v) is 9.28. The molecule has 2 aromatic rings. The fourth-order valence-electron chi connectivity index (χ4n) is 4.21. The molecule has 0 spiro atoms. The Hall–Kier alpha value is -1.93. The maximum atomic E-state index is 12.5. The van der Waals surface area contributed by atoms with Gasteiger partial charge in [-0.3, -0.25) is 4.79 Å². The van der Waals surface area contributed by atoms with E-state index in [-0.39, 0.29) is 5.91 Å². The minimum atomic E-state index is -0.0347. The number of rotatable bonds is 7. The van der Waals surface area contributed by atoms with Crippen LogP contribution in [0.2, 0.25) is 10.2 Å². The Bertz CT molecular complexity index is 931. The number of hydrogen-bond donors (Lipinski definition) is 3. The summed E-state index contributed by atoms with van der Waals surface area (Å²) in [6.45, 7) is 4.33. The summed E-state index contributed by atoms with van der Waals surface area (Å²) in [5.41, 5.74) is 2.32. The van der Waals surface area contributed by atoms with Crippen molar-refractivity contribution in [3.63, 3.8) is 0 Å². The Kier molecular flexibility index (Phi) is 8.19. The summed E-state index contributed by atoms with van der Waals surface area (Å²) in [6, 6.07) is 3.72. The molecule has 2 aliphatic heterocycles. The second-order valence-electron chi connectivity index (χ2n) is 8.51. The van der Waals surface area contributed by atoms with E-state index in [1.165, 1.54) is 0 Å². The van der Waals surface area contributed by atoms with Gasteiger partial charge >= 0.3 is 0 Å². The Morgan fingerprint density at radius 1 is 1.12 bits per heavy atom. The molecule has 2 fully saturated rings. The lowest BCUT2D eigenvalue weighted by molar-refractivity contribution is -0.117. The molecule has 0 saturated carbocycles. The number of nitrogens with zero attached hydrogens (tertiary/aromatic N) is 2. The van der Waals surface area contributed by atoms with Crippen LogP contribution in [0.1, 0.15) is 32.1 Å². The zero-order valence-corrected chi connectivity index (χ0v) is 19.5. The van der Waals surface area contributed by atoms with E-state index in [1.807, 2.05) is 6.07 Å². The number of anilines is 2. The summed E-state index contributed by atoms with van der Waals surface area (Å²) < 4.78 is 5.43. The van der Waals surface area contributed by atoms with Gasteiger partial charge in [0.25, 0.3) is 0 Å². The first-order valence-electron chi connectivity index (χ1n) is 11.2. The molecule has 0 bridgehead atoms. The van der Waals surface area contributed by atoms with Gasteiger partial charge in [0.2, 0.25) is 5.91 Å². The van der Waals surface area contributed by atoms with Crippen LogP contribution in [0.5, 0.6) is 0 Å². The molecule has 1 atom stereocenters. The van der Waals surface area contributed by atoms with Gasteiger partial charge in [-0.25, -0.2) is 9.97 Å². The highest BCUT2D eigenvalue weighted by molar-refractivity contribution is 6.33. The lowest BCUT2D eigenvalue weighted by atomic mass is 9.96. The molecule has 0 aromatic carbocycles. The molecular formula is C23H29Cl2N5O2. The third-order valence-corrected chi connectivity index (χ3v) is 6.67. The van der Waals surface area contributed by atoms with Gasteiger partial charge in [0.15, 0.2) is 5.15 Å². The zero-order chi connectivity index (χ0) is 22.3. The van der Waals surface area contributed by atoms with Crippen LogP contribution in [-0.2, 0) is 9.53 Å². The van der Waals surface area contributed by atoms with E-state index in [0.29, 0.717) is 34.3 Å². The van der Waals surface area contributed by atoms with Crippen molar-refractivity contribution in [3.8, 4) is 11.1 Å². The smallest absolute Gasteiger partial charge is 0.225 e. The quantitative estimate of drug-likeness (QED) is 0.504. The topological polar surface area (TPSA) is 88.2 Å². The van der Waals surface area contributed by atoms with Gasteiger partial charge in [0, 0.05) is 49.7 Å². The largest absolute Gasteiger partial charge is 0.382 e. The van der Waals surface area contributed by atoms with Crippen molar-refractivity contribution in [2.75, 3.05) is 43.5 Å². The van der Waals surface area contributed by atoms with E-state index in [4.69, 9.17) is 27.9 Å². The van der Waals surface area contributed by atoms with Crippen LogP contribution >= 0.6 is 23.2 Å². The van der Waals surface area contributed by atoms with Crippen LogP contribution in [0.3, 0.4) is 0 Å². The fourth-order valence-corrected chi connectivity index (χ4v) is 4.59. The number of amides is 1. The van der Waals surface area contributed by atoms with E-state index in [2.05, 4.69) is 25.9 Å². The number of piperidine rings is 1. The van der Waals surface area contributed by atoms with Gasteiger partial charge in [0.05, 0.1) is 10.7 Å². The highest BCUT2D eigenvalue weighted by Crippen LogP contribution is 2.33. The Morgan fingerprint density at radius 2 is 1.97 bits per heavy atom. The van der Waals surface area contributed by atoms with Crippen molar-refractivity contribution in [2.45, 2.75) is 32.1 Å². The molecule has 4 heterocycles. The molecule has 9 heteroatoms. The van der Waals surface area contributed by atoms with Crippen molar-refractivity contribution < 1.29 is 9.53 Å². The first-order chi connectivity index (χ1) is 15.6. The molecule has 4 rings (SSSR count). The highest BCUT2D eigenvalue weighted by atomic mass is 35.5. The predicted octanol–water partition coefficient (Wildman–Crippen LogP) is 4.62. The molecule has 0 radical (unpaired) electrons. The standard InChI is InChI=1S/C23H29Cl2N5O2/c24-19-14-28-21(30-22(31)8-16-2-1-5-26-11-16)10-18(19)17-9-20(23(25)29-13-17)27-12-15-3-6-32-7-4-15/h9-10,13-16,26-27H,1-8,11-12H2,(H,28,30,31). The van der Waals surface area contributed by atoms with E-state index in [1.54, 1.807) is 18.5 Å². The summed E-state index contributed by atoms with van der Waals surface area (Å²) in [5, 5.41) is 10.6. The Morgan fingerprint density at radius 3 is 2.75 bits per heavy atom. The summed E-state index contributed by atoms with van der Waals surface area (Å²) in [5.74, 6) is 1.35. The molecule has 1 amide bonds. The van der Waals surface area contributed by atoms with Gasteiger partial charge in [-0.05, 0) is 62.7 Å². The van der Waals surface area contributed by atoms with E-state index >= 15 is 0 Å². The van der Waals surface area contributed by atoms with Gasteiger partial charge in [-0.2, -0.15) is 0 Å². The number of pyridine rings is 2. The number of nitrogens with one attached hydrogen (secondary N) is 3. The summed E-state index contributed by atoms with van der Waals surface area (Å²) in [4.78, 5) is 21.1. The van der Waals surface area contributed by atoms with Crippen molar-refractivity contribution in [2.24, 2.45) is 11.8 Å². The normalized spacial score (nSPS) is 19.5. The molecule has 3 N–H and O–H groups in total. The average molecular weight is 478 g/mol. The number of carbonyl (C=O) groups is 1. The summed E-state index contributed by atoms with van der Waals surface area (Å²) >= 11 is 12.8. The molecule has 2 aliphatic rings. The molecule has 0 aliphatic carbocycles. The second kappa shape index (κ2) is 11.3. The van der Waals surface area contributed by atoms with Crippen LogP contribution < -0.4 is 16.0 Å². The maximum absolute atomic E-state index is 12.5. The third kappa shape index (κ3) is 6.32. The van der Waals surface area contributed by atoms with Gasteiger partial charge < -0.3 is 20.7 Å². The molecule has 1 unspecified atom stereocenters. The number of ether oxygens (including phenoxy) is 1. The zero-order valence-electron chi connectivity index (χ0n) is 18.0. The Balaban J connectivity index is 1.44. The fraction of sp³-hybridized carbons (Fsp3) is 0.522.